The van der Waals surface area contributed by atoms with Crippen LogP contribution in [-0.2, 0) is 6.42 Å². The van der Waals surface area contributed by atoms with Crippen LogP contribution in [0.3, 0.4) is 0 Å². The van der Waals surface area contributed by atoms with Gasteiger partial charge in [-0.1, -0.05) is 40.2 Å². The second-order valence-corrected chi connectivity index (χ2v) is 4.04. The summed E-state index contributed by atoms with van der Waals surface area (Å²) in [6, 6.07) is 8.03. The third kappa shape index (κ3) is 1.10. The minimum absolute atomic E-state index is 0.208. The van der Waals surface area contributed by atoms with Crippen molar-refractivity contribution in [3.63, 3.8) is 0 Å². The van der Waals surface area contributed by atoms with Crippen LogP contribution >= 0.6 is 15.9 Å². The number of rotatable bonds is 0. The highest BCUT2D eigenvalue weighted by Crippen LogP contribution is 2.35. The smallest absolute Gasteiger partial charge is 0.0920 e. The van der Waals surface area contributed by atoms with Crippen LogP contribution in [0.15, 0.2) is 24.3 Å². The third-order valence-corrected chi connectivity index (χ3v) is 2.96. The quantitative estimate of drug-likeness (QED) is 0.654. The zero-order valence-corrected chi connectivity index (χ0v) is 7.58. The molecule has 1 unspecified atom stereocenters. The van der Waals surface area contributed by atoms with Gasteiger partial charge < -0.3 is 5.11 Å². The van der Waals surface area contributed by atoms with Crippen molar-refractivity contribution in [1.29, 1.82) is 0 Å². The summed E-state index contributed by atoms with van der Waals surface area (Å²) in [6.45, 7) is 0. The molecule has 1 aliphatic carbocycles. The lowest BCUT2D eigenvalue weighted by molar-refractivity contribution is 0.187. The Morgan fingerprint density at radius 1 is 1.36 bits per heavy atom. The summed E-state index contributed by atoms with van der Waals surface area (Å²) in [5, 5.41) is 9.60. The Morgan fingerprint density at radius 3 is 2.82 bits per heavy atom. The van der Waals surface area contributed by atoms with Crippen LogP contribution in [0.2, 0.25) is 0 Å². The molecule has 0 aromatic heterocycles. The molecule has 0 spiro atoms. The molecule has 2 atom stereocenters. The molecule has 0 saturated heterocycles. The van der Waals surface area contributed by atoms with E-state index in [2.05, 4.69) is 22.0 Å². The average molecular weight is 213 g/mol. The zero-order chi connectivity index (χ0) is 7.84. The van der Waals surface area contributed by atoms with E-state index in [0.29, 0.717) is 0 Å². The van der Waals surface area contributed by atoms with Crippen LogP contribution in [-0.4, -0.2) is 9.93 Å². The molecule has 0 amide bonds. The Kier molecular flexibility index (Phi) is 1.74. The van der Waals surface area contributed by atoms with Gasteiger partial charge in [0.25, 0.3) is 0 Å². The third-order valence-electron chi connectivity index (χ3n) is 2.13. The molecule has 1 aliphatic rings. The Balaban J connectivity index is 2.47. The average Bonchev–Trinajstić information content (AvgIpc) is 2.30. The van der Waals surface area contributed by atoms with Crippen LogP contribution in [0.25, 0.3) is 0 Å². The molecule has 1 aromatic rings. The molecule has 0 aliphatic heterocycles. The van der Waals surface area contributed by atoms with Crippen molar-refractivity contribution in [3.8, 4) is 0 Å². The first-order valence-electron chi connectivity index (χ1n) is 3.69. The van der Waals surface area contributed by atoms with Crippen LogP contribution < -0.4 is 0 Å². The maximum Gasteiger partial charge on any atom is 0.0920 e. The van der Waals surface area contributed by atoms with E-state index in [4.69, 9.17) is 0 Å². The van der Waals surface area contributed by atoms with Crippen LogP contribution in [0.1, 0.15) is 17.2 Å². The summed E-state index contributed by atoms with van der Waals surface area (Å²) in [7, 11) is 0. The van der Waals surface area contributed by atoms with Crippen molar-refractivity contribution in [1.82, 2.24) is 0 Å². The van der Waals surface area contributed by atoms with E-state index in [1.54, 1.807) is 0 Å². The highest BCUT2D eigenvalue weighted by Gasteiger charge is 2.27. The van der Waals surface area contributed by atoms with Gasteiger partial charge in [0.05, 0.1) is 6.10 Å². The van der Waals surface area contributed by atoms with Crippen molar-refractivity contribution in [2.24, 2.45) is 0 Å². The number of halogens is 1. The highest BCUT2D eigenvalue weighted by molar-refractivity contribution is 9.09. The van der Waals surface area contributed by atoms with Crippen molar-refractivity contribution in [3.05, 3.63) is 35.4 Å². The van der Waals surface area contributed by atoms with E-state index in [-0.39, 0.29) is 10.9 Å². The van der Waals surface area contributed by atoms with Crippen molar-refractivity contribution in [2.45, 2.75) is 17.4 Å². The predicted molar refractivity (Wildman–Crippen MR) is 47.8 cm³/mol. The van der Waals surface area contributed by atoms with Gasteiger partial charge in [0, 0.05) is 4.83 Å². The Hall–Kier alpha value is -0.340. The number of aliphatic hydroxyl groups is 1. The van der Waals surface area contributed by atoms with Gasteiger partial charge >= 0.3 is 0 Å². The van der Waals surface area contributed by atoms with Gasteiger partial charge in [-0.2, -0.15) is 0 Å². The molecule has 0 saturated carbocycles. The Bertz CT molecular complexity index is 272. The molecule has 0 bridgehead atoms. The number of benzene rings is 1. The zero-order valence-electron chi connectivity index (χ0n) is 6.00. The molecule has 1 N–H and O–H groups in total. The number of hydrogen-bond donors (Lipinski definition) is 1. The highest BCUT2D eigenvalue weighted by atomic mass is 79.9. The summed E-state index contributed by atoms with van der Waals surface area (Å²) >= 11 is 3.43. The van der Waals surface area contributed by atoms with Gasteiger partial charge in [-0.15, -0.1) is 0 Å². The van der Waals surface area contributed by atoms with Gasteiger partial charge in [0.2, 0.25) is 0 Å². The molecule has 0 heterocycles. The van der Waals surface area contributed by atoms with E-state index in [1.807, 2.05) is 18.2 Å². The number of alkyl halides is 1. The monoisotopic (exact) mass is 212 g/mol. The predicted octanol–water partition coefficient (Wildman–Crippen LogP) is 2.04. The lowest BCUT2D eigenvalue weighted by Crippen LogP contribution is -2.03. The van der Waals surface area contributed by atoms with Gasteiger partial charge in [0.1, 0.15) is 0 Å². The molecule has 1 nitrogen and oxygen atoms in total. The van der Waals surface area contributed by atoms with Crippen molar-refractivity contribution < 1.29 is 5.11 Å². The SMILES string of the molecule is O[C@H]1c2ccccc2CC1Br. The second kappa shape index (κ2) is 2.61. The van der Waals surface area contributed by atoms with E-state index >= 15 is 0 Å². The van der Waals surface area contributed by atoms with Crippen LogP contribution in [0, 0.1) is 0 Å². The minimum Gasteiger partial charge on any atom is -0.387 e. The molecule has 2 heteroatoms. The maximum atomic E-state index is 9.60. The molecule has 0 fully saturated rings. The topological polar surface area (TPSA) is 20.2 Å². The molecular formula is C9H9BrO. The van der Waals surface area contributed by atoms with Gasteiger partial charge in [-0.05, 0) is 17.5 Å². The fraction of sp³-hybridized carbons (Fsp3) is 0.333. The van der Waals surface area contributed by atoms with E-state index in [9.17, 15) is 5.11 Å². The lowest BCUT2D eigenvalue weighted by atomic mass is 10.1. The minimum atomic E-state index is -0.314. The maximum absolute atomic E-state index is 9.60. The summed E-state index contributed by atoms with van der Waals surface area (Å²) in [6.07, 6.45) is 0.628. The molecule has 2 rings (SSSR count). The van der Waals surface area contributed by atoms with E-state index < -0.39 is 0 Å². The first kappa shape index (κ1) is 7.32. The van der Waals surface area contributed by atoms with Crippen LogP contribution in [0.5, 0.6) is 0 Å². The van der Waals surface area contributed by atoms with E-state index in [0.717, 1.165) is 12.0 Å². The normalized spacial score (nSPS) is 28.5. The van der Waals surface area contributed by atoms with Crippen LogP contribution in [0.4, 0.5) is 0 Å². The fourth-order valence-electron chi connectivity index (χ4n) is 1.53. The van der Waals surface area contributed by atoms with Crippen molar-refractivity contribution >= 4 is 15.9 Å². The first-order valence-corrected chi connectivity index (χ1v) is 4.60. The Morgan fingerprint density at radius 2 is 2.09 bits per heavy atom. The first-order chi connectivity index (χ1) is 5.29. The standard InChI is InChI=1S/C9H9BrO/c10-8-5-6-3-1-2-4-7(6)9(8)11/h1-4,8-9,11H,5H2/t8?,9-/m0/s1. The summed E-state index contributed by atoms with van der Waals surface area (Å²) in [5.41, 5.74) is 2.34. The number of aliphatic hydroxyl groups excluding tert-OH is 1. The molecule has 1 aromatic carbocycles. The molecular weight excluding hydrogens is 204 g/mol. The lowest BCUT2D eigenvalue weighted by Gasteiger charge is -2.05. The molecule has 58 valence electrons. The van der Waals surface area contributed by atoms with Crippen molar-refractivity contribution in [2.75, 3.05) is 0 Å². The second-order valence-electron chi connectivity index (χ2n) is 2.86. The van der Waals surface area contributed by atoms with Gasteiger partial charge in [0.15, 0.2) is 0 Å². The summed E-state index contributed by atoms with van der Waals surface area (Å²) in [5.74, 6) is 0. The Labute approximate surface area is 74.2 Å². The summed E-state index contributed by atoms with van der Waals surface area (Å²) < 4.78 is 0. The summed E-state index contributed by atoms with van der Waals surface area (Å²) in [4.78, 5) is 0.208. The molecule has 0 radical (unpaired) electrons. The largest absolute Gasteiger partial charge is 0.387 e. The molecule has 11 heavy (non-hydrogen) atoms. The fourth-order valence-corrected chi connectivity index (χ4v) is 2.16. The van der Waals surface area contributed by atoms with E-state index in [1.165, 1.54) is 5.56 Å². The number of fused-ring (bicyclic) bond motifs is 1. The number of hydrogen-bond acceptors (Lipinski definition) is 1. The van der Waals surface area contributed by atoms with Gasteiger partial charge in [-0.3, -0.25) is 0 Å². The van der Waals surface area contributed by atoms with Gasteiger partial charge in [-0.25, -0.2) is 0 Å².